The second-order valence-corrected chi connectivity index (χ2v) is 11.2. The van der Waals surface area contributed by atoms with Crippen molar-refractivity contribution in [3.8, 4) is 11.5 Å². The van der Waals surface area contributed by atoms with Crippen molar-refractivity contribution in [1.82, 2.24) is 9.88 Å². The molecule has 4 rings (SSSR count). The van der Waals surface area contributed by atoms with E-state index in [0.717, 1.165) is 30.5 Å². The number of nitrogens with zero attached hydrogens (tertiary/aromatic N) is 3. The number of amides is 1. The van der Waals surface area contributed by atoms with E-state index in [4.69, 9.17) is 9.40 Å². The van der Waals surface area contributed by atoms with Crippen LogP contribution in [0.1, 0.15) is 46.0 Å². The number of hydrogen-bond donors (Lipinski definition) is 0. The van der Waals surface area contributed by atoms with Crippen LogP contribution < -0.4 is 10.3 Å². The maximum Gasteiger partial charge on any atom is 0.222 e. The Labute approximate surface area is 228 Å². The average Bonchev–Trinajstić information content (AvgIpc) is 2.91. The Morgan fingerprint density at radius 1 is 0.974 bits per heavy atom. The van der Waals surface area contributed by atoms with Gasteiger partial charge in [-0.1, -0.05) is 37.6 Å². The molecule has 0 N–H and O–H groups in total. The maximum atomic E-state index is 12.9. The molecule has 1 amide bonds. The number of rotatable bonds is 13. The van der Waals surface area contributed by atoms with Crippen LogP contribution in [0, 0.1) is 0 Å². The molecule has 1 aliphatic carbocycles. The Morgan fingerprint density at radius 2 is 1.72 bits per heavy atom. The Hall–Kier alpha value is -3.50. The fourth-order valence-electron chi connectivity index (χ4n) is 4.80. The van der Waals surface area contributed by atoms with Gasteiger partial charge in [-0.05, 0) is 38.3 Å². The van der Waals surface area contributed by atoms with E-state index in [0.29, 0.717) is 53.9 Å². The van der Waals surface area contributed by atoms with Crippen LogP contribution >= 0.6 is 0 Å². The monoisotopic (exact) mass is 552 g/mol. The van der Waals surface area contributed by atoms with E-state index in [-0.39, 0.29) is 24.3 Å². The summed E-state index contributed by atoms with van der Waals surface area (Å²) in [5.74, 6) is -0.0580. The van der Waals surface area contributed by atoms with Gasteiger partial charge in [-0.25, -0.2) is 13.4 Å². The Bertz CT molecular complexity index is 1580. The molecule has 39 heavy (non-hydrogen) atoms. The second-order valence-electron chi connectivity index (χ2n) is 9.67. The molecule has 2 aromatic carbocycles. The second kappa shape index (κ2) is 12.6. The van der Waals surface area contributed by atoms with Gasteiger partial charge in [0.15, 0.2) is 16.8 Å². The van der Waals surface area contributed by atoms with Crippen molar-refractivity contribution < 1.29 is 22.2 Å². The van der Waals surface area contributed by atoms with Gasteiger partial charge >= 0.3 is 0 Å². The number of fused-ring (bicyclic) bond motifs is 4. The van der Waals surface area contributed by atoms with E-state index in [9.17, 15) is 22.6 Å². The largest absolute Gasteiger partial charge is 0.748 e. The van der Waals surface area contributed by atoms with E-state index in [1.54, 1.807) is 11.0 Å². The number of aromatic nitrogens is 1. The maximum absolute atomic E-state index is 12.9. The van der Waals surface area contributed by atoms with Crippen LogP contribution in [-0.4, -0.2) is 60.7 Å². The highest BCUT2D eigenvalue weighted by Crippen LogP contribution is 2.31. The van der Waals surface area contributed by atoms with Crippen molar-refractivity contribution in [2.75, 3.05) is 36.8 Å². The lowest BCUT2D eigenvalue weighted by Crippen LogP contribution is -2.34. The van der Waals surface area contributed by atoms with Crippen molar-refractivity contribution in [1.29, 1.82) is 0 Å². The summed E-state index contributed by atoms with van der Waals surface area (Å²) in [5, 5.41) is 1.37. The van der Waals surface area contributed by atoms with E-state index in [2.05, 4.69) is 4.90 Å². The number of anilines is 1. The number of carbonyl (C=O) groups is 1. The van der Waals surface area contributed by atoms with Gasteiger partial charge in [-0.2, -0.15) is 0 Å². The van der Waals surface area contributed by atoms with Crippen LogP contribution in [0.2, 0.25) is 0 Å². The molecule has 9 nitrogen and oxygen atoms in total. The summed E-state index contributed by atoms with van der Waals surface area (Å²) < 4.78 is 38.9. The standard InChI is InChI=1S/C29H35N3O6S/c1-3-5-15-32(17-9-18-39(35,36)37)28(34)12-8-16-31(4-2)21-13-14-24-26(19-21)38-27-20-25(33)22-10-6-7-11-23(22)29(27)30-24/h6-7,10-11,13-14,19-20H,3-5,8-9,12,15-18H2,1-2H3,(H,35,36,37)/p-1. The molecule has 10 heteroatoms. The third kappa shape index (κ3) is 7.13. The highest BCUT2D eigenvalue weighted by Gasteiger charge is 2.17. The first-order valence-corrected chi connectivity index (χ1v) is 15.0. The lowest BCUT2D eigenvalue weighted by molar-refractivity contribution is -0.131. The third-order valence-corrected chi connectivity index (χ3v) is 7.65. The zero-order valence-corrected chi connectivity index (χ0v) is 23.2. The summed E-state index contributed by atoms with van der Waals surface area (Å²) in [7, 11) is -4.29. The SMILES string of the molecule is CCCCN(CCCS(=O)(=O)[O-])C(=O)CCCN(CC)c1ccc2nc3c4ccccc4c(=O)cc-3oc2c1. The van der Waals surface area contributed by atoms with Gasteiger partial charge in [0.05, 0.1) is 10.1 Å². The summed E-state index contributed by atoms with van der Waals surface area (Å²) in [6, 6.07) is 14.6. The molecule has 2 aromatic rings. The van der Waals surface area contributed by atoms with E-state index in [1.165, 1.54) is 6.07 Å². The first-order valence-electron chi connectivity index (χ1n) is 13.4. The van der Waals surface area contributed by atoms with Crippen molar-refractivity contribution in [3.05, 3.63) is 58.8 Å². The Morgan fingerprint density at radius 3 is 2.44 bits per heavy atom. The molecule has 1 aliphatic heterocycles. The summed E-state index contributed by atoms with van der Waals surface area (Å²) in [6.07, 6.45) is 2.83. The normalized spacial score (nSPS) is 11.9. The number of hydrogen-bond acceptors (Lipinski definition) is 8. The fraction of sp³-hybridized carbons (Fsp3) is 0.414. The van der Waals surface area contributed by atoms with E-state index in [1.807, 2.05) is 50.2 Å². The summed E-state index contributed by atoms with van der Waals surface area (Å²) in [4.78, 5) is 34.0. The van der Waals surface area contributed by atoms with Crippen LogP contribution in [0.25, 0.3) is 33.3 Å². The third-order valence-electron chi connectivity index (χ3n) is 6.86. The molecule has 0 saturated heterocycles. The molecule has 1 heterocycles. The molecule has 208 valence electrons. The lowest BCUT2D eigenvalue weighted by Gasteiger charge is -2.25. The van der Waals surface area contributed by atoms with Crippen molar-refractivity contribution in [2.24, 2.45) is 0 Å². The lowest BCUT2D eigenvalue weighted by atomic mass is 10.0. The number of unbranched alkanes of at least 4 members (excludes halogenated alkanes) is 1. The van der Waals surface area contributed by atoms with Gasteiger partial charge in [0.1, 0.15) is 11.2 Å². The Kier molecular flexibility index (Phi) is 9.19. The first-order chi connectivity index (χ1) is 18.7. The Balaban J connectivity index is 1.46. The summed E-state index contributed by atoms with van der Waals surface area (Å²) in [5.41, 5.74) is 2.73. The topological polar surface area (TPSA) is 124 Å². The van der Waals surface area contributed by atoms with Crippen LogP contribution in [-0.2, 0) is 14.9 Å². The molecular weight excluding hydrogens is 518 g/mol. The van der Waals surface area contributed by atoms with Gasteiger partial charge in [0.2, 0.25) is 5.91 Å². The van der Waals surface area contributed by atoms with E-state index >= 15 is 0 Å². The minimum absolute atomic E-state index is 0.0346. The summed E-state index contributed by atoms with van der Waals surface area (Å²) in [6.45, 7) is 6.25. The predicted octanol–water partition coefficient (Wildman–Crippen LogP) is 4.62. The molecular formula is C29H34N3O6S-. The molecule has 0 saturated carbocycles. The van der Waals surface area contributed by atoms with Gasteiger partial charge in [-0.15, -0.1) is 0 Å². The highest BCUT2D eigenvalue weighted by atomic mass is 32.2. The molecule has 0 fully saturated rings. The quantitative estimate of drug-likeness (QED) is 0.134. The predicted molar refractivity (Wildman–Crippen MR) is 152 cm³/mol. The van der Waals surface area contributed by atoms with Crippen molar-refractivity contribution in [3.63, 3.8) is 0 Å². The van der Waals surface area contributed by atoms with Gasteiger partial charge in [0.25, 0.3) is 0 Å². The molecule has 0 bridgehead atoms. The molecule has 0 aromatic heterocycles. The van der Waals surface area contributed by atoms with Crippen LogP contribution in [0.3, 0.4) is 0 Å². The molecule has 0 radical (unpaired) electrons. The highest BCUT2D eigenvalue weighted by molar-refractivity contribution is 7.85. The molecule has 0 spiro atoms. The zero-order valence-electron chi connectivity index (χ0n) is 22.4. The number of benzene rings is 3. The van der Waals surface area contributed by atoms with Gasteiger partial charge in [-0.3, -0.25) is 9.59 Å². The number of carbonyl (C=O) groups excluding carboxylic acids is 1. The average molecular weight is 553 g/mol. The smallest absolute Gasteiger partial charge is 0.222 e. The van der Waals surface area contributed by atoms with E-state index < -0.39 is 15.9 Å². The molecule has 2 aliphatic rings. The fourth-order valence-corrected chi connectivity index (χ4v) is 5.28. The molecule has 0 unspecified atom stereocenters. The minimum Gasteiger partial charge on any atom is -0.748 e. The van der Waals surface area contributed by atoms with Gasteiger partial charge < -0.3 is 18.8 Å². The molecule has 0 atom stereocenters. The van der Waals surface area contributed by atoms with Crippen LogP contribution in [0.15, 0.2) is 57.7 Å². The van der Waals surface area contributed by atoms with Crippen LogP contribution in [0.4, 0.5) is 5.69 Å². The summed E-state index contributed by atoms with van der Waals surface area (Å²) >= 11 is 0. The first kappa shape index (κ1) is 28.5. The van der Waals surface area contributed by atoms with Crippen molar-refractivity contribution >= 4 is 43.6 Å². The zero-order chi connectivity index (χ0) is 28.0. The minimum atomic E-state index is -4.29. The van der Waals surface area contributed by atoms with Crippen molar-refractivity contribution in [2.45, 2.75) is 46.0 Å². The van der Waals surface area contributed by atoms with Gasteiger partial charge in [0, 0.05) is 66.9 Å². The van der Waals surface area contributed by atoms with Crippen LogP contribution in [0.5, 0.6) is 0 Å².